The molecule has 0 aliphatic carbocycles. The number of carbonyl (C=O) groups excluding carboxylic acids is 1. The SMILES string of the molecule is O=C(NCC1CCCO1)c1cccc(CNc2ncc(C(F)(F)F)s2)c1. The van der Waals surface area contributed by atoms with Gasteiger partial charge in [0.1, 0.15) is 4.88 Å². The molecule has 1 aromatic heterocycles. The molecule has 1 aliphatic rings. The summed E-state index contributed by atoms with van der Waals surface area (Å²) < 4.78 is 43.2. The van der Waals surface area contributed by atoms with Crippen LogP contribution in [0.25, 0.3) is 0 Å². The van der Waals surface area contributed by atoms with Gasteiger partial charge in [-0.1, -0.05) is 23.5 Å². The number of nitrogens with one attached hydrogen (secondary N) is 2. The summed E-state index contributed by atoms with van der Waals surface area (Å²) in [4.78, 5) is 15.2. The average Bonchev–Trinajstić information content (AvgIpc) is 3.29. The molecule has 0 radical (unpaired) electrons. The van der Waals surface area contributed by atoms with Crippen LogP contribution in [-0.4, -0.2) is 30.1 Å². The molecule has 2 N–H and O–H groups in total. The van der Waals surface area contributed by atoms with Gasteiger partial charge in [-0.05, 0) is 30.5 Å². The highest BCUT2D eigenvalue weighted by molar-refractivity contribution is 7.15. The predicted octanol–water partition coefficient (Wildman–Crippen LogP) is 3.68. The minimum absolute atomic E-state index is 0.0662. The Kier molecular flexibility index (Phi) is 5.77. The number of anilines is 1. The molecule has 2 heterocycles. The highest BCUT2D eigenvalue weighted by Crippen LogP contribution is 2.35. The average molecular weight is 385 g/mol. The summed E-state index contributed by atoms with van der Waals surface area (Å²) in [6, 6.07) is 6.93. The van der Waals surface area contributed by atoms with E-state index in [9.17, 15) is 18.0 Å². The van der Waals surface area contributed by atoms with Crippen LogP contribution in [0.2, 0.25) is 0 Å². The number of hydrogen-bond acceptors (Lipinski definition) is 5. The molecular formula is C17H18F3N3O2S. The third kappa shape index (κ3) is 4.95. The van der Waals surface area contributed by atoms with Crippen LogP contribution < -0.4 is 10.6 Å². The predicted molar refractivity (Wildman–Crippen MR) is 92.2 cm³/mol. The normalized spacial score (nSPS) is 17.3. The Hall–Kier alpha value is -2.13. The lowest BCUT2D eigenvalue weighted by Crippen LogP contribution is -2.31. The van der Waals surface area contributed by atoms with Gasteiger partial charge in [0.25, 0.3) is 5.91 Å². The maximum absolute atomic E-state index is 12.6. The maximum atomic E-state index is 12.6. The van der Waals surface area contributed by atoms with Crippen LogP contribution in [0.4, 0.5) is 18.3 Å². The second-order valence-electron chi connectivity index (χ2n) is 5.93. The molecular weight excluding hydrogens is 367 g/mol. The summed E-state index contributed by atoms with van der Waals surface area (Å²) in [7, 11) is 0. The van der Waals surface area contributed by atoms with Crippen molar-refractivity contribution in [3.05, 3.63) is 46.5 Å². The topological polar surface area (TPSA) is 63.2 Å². The molecule has 2 aromatic rings. The zero-order valence-electron chi connectivity index (χ0n) is 13.8. The van der Waals surface area contributed by atoms with Gasteiger partial charge in [-0.3, -0.25) is 4.79 Å². The van der Waals surface area contributed by atoms with E-state index in [2.05, 4.69) is 15.6 Å². The third-order valence-corrected chi connectivity index (χ3v) is 4.93. The number of benzene rings is 1. The number of nitrogens with zero attached hydrogens (tertiary/aromatic N) is 1. The second-order valence-corrected chi connectivity index (χ2v) is 6.96. The minimum Gasteiger partial charge on any atom is -0.376 e. The molecule has 1 saturated heterocycles. The number of halogens is 3. The van der Waals surface area contributed by atoms with Gasteiger partial charge in [0.2, 0.25) is 0 Å². The van der Waals surface area contributed by atoms with Crippen molar-refractivity contribution in [2.75, 3.05) is 18.5 Å². The van der Waals surface area contributed by atoms with Crippen molar-refractivity contribution in [1.82, 2.24) is 10.3 Å². The summed E-state index contributed by atoms with van der Waals surface area (Å²) >= 11 is 0.551. The van der Waals surface area contributed by atoms with Crippen LogP contribution in [-0.2, 0) is 17.5 Å². The van der Waals surface area contributed by atoms with Gasteiger partial charge >= 0.3 is 6.18 Å². The summed E-state index contributed by atoms with van der Waals surface area (Å²) in [6.07, 6.45) is -1.57. The van der Waals surface area contributed by atoms with E-state index in [1.807, 2.05) is 0 Å². The molecule has 5 nitrogen and oxygen atoms in total. The highest BCUT2D eigenvalue weighted by atomic mass is 32.1. The number of ether oxygens (including phenoxy) is 1. The van der Waals surface area contributed by atoms with E-state index in [0.717, 1.165) is 31.2 Å². The molecule has 0 saturated carbocycles. The number of amides is 1. The van der Waals surface area contributed by atoms with Crippen LogP contribution >= 0.6 is 11.3 Å². The Balaban J connectivity index is 1.55. The van der Waals surface area contributed by atoms with Crippen molar-refractivity contribution in [2.45, 2.75) is 31.7 Å². The number of hydrogen-bond donors (Lipinski definition) is 2. The van der Waals surface area contributed by atoms with Crippen LogP contribution in [0.1, 0.15) is 33.6 Å². The van der Waals surface area contributed by atoms with Gasteiger partial charge in [-0.15, -0.1) is 0 Å². The van der Waals surface area contributed by atoms with E-state index in [1.165, 1.54) is 0 Å². The first-order valence-electron chi connectivity index (χ1n) is 8.17. The van der Waals surface area contributed by atoms with Gasteiger partial charge in [0.15, 0.2) is 5.13 Å². The Morgan fingerprint density at radius 3 is 2.92 bits per heavy atom. The quantitative estimate of drug-likeness (QED) is 0.796. The Labute approximate surface area is 152 Å². The van der Waals surface area contributed by atoms with Crippen molar-refractivity contribution in [3.8, 4) is 0 Å². The fraction of sp³-hybridized carbons (Fsp3) is 0.412. The van der Waals surface area contributed by atoms with E-state index in [4.69, 9.17) is 4.74 Å². The zero-order chi connectivity index (χ0) is 18.6. The van der Waals surface area contributed by atoms with Crippen molar-refractivity contribution in [3.63, 3.8) is 0 Å². The Morgan fingerprint density at radius 1 is 1.38 bits per heavy atom. The number of aromatic nitrogens is 1. The minimum atomic E-state index is -4.39. The number of thiazole rings is 1. The van der Waals surface area contributed by atoms with E-state index >= 15 is 0 Å². The smallest absolute Gasteiger partial charge is 0.376 e. The van der Waals surface area contributed by atoms with Crippen molar-refractivity contribution >= 4 is 22.4 Å². The van der Waals surface area contributed by atoms with Gasteiger partial charge < -0.3 is 15.4 Å². The molecule has 0 bridgehead atoms. The van der Waals surface area contributed by atoms with E-state index < -0.39 is 11.1 Å². The molecule has 3 rings (SSSR count). The second kappa shape index (κ2) is 8.05. The van der Waals surface area contributed by atoms with E-state index in [-0.39, 0.29) is 23.7 Å². The fourth-order valence-corrected chi connectivity index (χ4v) is 3.28. The maximum Gasteiger partial charge on any atom is 0.427 e. The molecule has 1 amide bonds. The first-order valence-corrected chi connectivity index (χ1v) is 8.99. The lowest BCUT2D eigenvalue weighted by Gasteiger charge is -2.11. The number of carbonyl (C=O) groups is 1. The van der Waals surface area contributed by atoms with Gasteiger partial charge in [0, 0.05) is 25.3 Å². The summed E-state index contributed by atoms with van der Waals surface area (Å²) in [6.45, 7) is 1.48. The monoisotopic (exact) mass is 385 g/mol. The molecule has 1 unspecified atom stereocenters. The fourth-order valence-electron chi connectivity index (χ4n) is 2.60. The molecule has 0 spiro atoms. The molecule has 1 aromatic carbocycles. The lowest BCUT2D eigenvalue weighted by atomic mass is 10.1. The summed E-state index contributed by atoms with van der Waals surface area (Å²) in [5, 5.41) is 5.88. The Bertz CT molecular complexity index is 758. The summed E-state index contributed by atoms with van der Waals surface area (Å²) in [5.41, 5.74) is 1.27. The van der Waals surface area contributed by atoms with Crippen LogP contribution in [0.3, 0.4) is 0 Å². The van der Waals surface area contributed by atoms with Crippen LogP contribution in [0, 0.1) is 0 Å². The molecule has 1 aliphatic heterocycles. The Morgan fingerprint density at radius 2 is 2.23 bits per heavy atom. The molecule has 1 atom stereocenters. The van der Waals surface area contributed by atoms with Crippen LogP contribution in [0.5, 0.6) is 0 Å². The molecule has 9 heteroatoms. The van der Waals surface area contributed by atoms with E-state index in [0.29, 0.717) is 23.4 Å². The lowest BCUT2D eigenvalue weighted by molar-refractivity contribution is -0.134. The van der Waals surface area contributed by atoms with Crippen LogP contribution in [0.15, 0.2) is 30.5 Å². The largest absolute Gasteiger partial charge is 0.427 e. The number of alkyl halides is 3. The van der Waals surface area contributed by atoms with Gasteiger partial charge in [-0.2, -0.15) is 13.2 Å². The first-order chi connectivity index (χ1) is 12.4. The third-order valence-electron chi connectivity index (χ3n) is 3.93. The van der Waals surface area contributed by atoms with Gasteiger partial charge in [0.05, 0.1) is 12.3 Å². The van der Waals surface area contributed by atoms with Crippen molar-refractivity contribution in [2.24, 2.45) is 0 Å². The first kappa shape index (κ1) is 18.7. The molecule has 1 fully saturated rings. The van der Waals surface area contributed by atoms with E-state index in [1.54, 1.807) is 24.3 Å². The standard InChI is InChI=1S/C17H18F3N3O2S/c18-17(19,20)14-10-23-16(26-14)22-8-11-3-1-4-12(7-11)15(24)21-9-13-5-2-6-25-13/h1,3-4,7,10,13H,2,5-6,8-9H2,(H,21,24)(H,22,23). The summed E-state index contributed by atoms with van der Waals surface area (Å²) in [5.74, 6) is -0.198. The van der Waals surface area contributed by atoms with Gasteiger partial charge in [-0.25, -0.2) is 4.98 Å². The molecule has 26 heavy (non-hydrogen) atoms. The zero-order valence-corrected chi connectivity index (χ0v) is 14.6. The van der Waals surface area contributed by atoms with Crippen molar-refractivity contribution < 1.29 is 22.7 Å². The van der Waals surface area contributed by atoms with Crippen molar-refractivity contribution in [1.29, 1.82) is 0 Å². The molecule has 140 valence electrons. The highest BCUT2D eigenvalue weighted by Gasteiger charge is 2.33. The number of rotatable bonds is 6.